The van der Waals surface area contributed by atoms with E-state index in [0.29, 0.717) is 25.4 Å². The van der Waals surface area contributed by atoms with E-state index in [1.165, 1.54) is 0 Å². The quantitative estimate of drug-likeness (QED) is 0.295. The van der Waals surface area contributed by atoms with Gasteiger partial charge in [0.05, 0.1) is 12.2 Å². The Morgan fingerprint density at radius 2 is 1.35 bits per heavy atom. The first-order valence-corrected chi connectivity index (χ1v) is 17.3. The van der Waals surface area contributed by atoms with Gasteiger partial charge in [-0.1, -0.05) is 59.7 Å². The number of ether oxygens (including phenoxy) is 1. The van der Waals surface area contributed by atoms with Crippen LogP contribution in [-0.2, 0) is 13.6 Å². The van der Waals surface area contributed by atoms with Crippen LogP contribution in [0.1, 0.15) is 58.3 Å². The summed E-state index contributed by atoms with van der Waals surface area (Å²) in [6.45, 7) is 24.6. The molecule has 31 heavy (non-hydrogen) atoms. The molecule has 0 aromatic heterocycles. The Morgan fingerprint density at radius 3 is 1.77 bits per heavy atom. The molecule has 0 spiro atoms. The van der Waals surface area contributed by atoms with Crippen LogP contribution in [0.15, 0.2) is 30.3 Å². The minimum absolute atomic E-state index is 0.0536. The van der Waals surface area contributed by atoms with Crippen molar-refractivity contribution in [2.24, 2.45) is 11.3 Å². The molecule has 2 rings (SSSR count). The molecule has 1 aliphatic carbocycles. The van der Waals surface area contributed by atoms with Gasteiger partial charge < -0.3 is 13.6 Å². The van der Waals surface area contributed by atoms with E-state index in [9.17, 15) is 4.79 Å². The Balaban J connectivity index is 2.06. The maximum Gasteiger partial charge on any atom is 0.338 e. The summed E-state index contributed by atoms with van der Waals surface area (Å²) in [6.07, 6.45) is 0.984. The number of carbonyl (C=O) groups is 1. The van der Waals surface area contributed by atoms with Crippen LogP contribution in [0.4, 0.5) is 0 Å². The fraction of sp³-hybridized carbons (Fsp3) is 0.720. The van der Waals surface area contributed by atoms with E-state index in [1.807, 2.05) is 18.2 Å². The largest absolute Gasteiger partial charge is 0.462 e. The van der Waals surface area contributed by atoms with E-state index in [-0.39, 0.29) is 27.4 Å². The van der Waals surface area contributed by atoms with Gasteiger partial charge in [-0.25, -0.2) is 4.79 Å². The van der Waals surface area contributed by atoms with Crippen LogP contribution in [0.25, 0.3) is 0 Å². The topological polar surface area (TPSA) is 44.8 Å². The van der Waals surface area contributed by atoms with Gasteiger partial charge in [0.2, 0.25) is 0 Å². The first kappa shape index (κ1) is 26.3. The molecule has 1 aromatic rings. The van der Waals surface area contributed by atoms with Crippen molar-refractivity contribution >= 4 is 22.6 Å². The molecule has 1 aliphatic rings. The number of carbonyl (C=O) groups excluding carboxylic acids is 1. The van der Waals surface area contributed by atoms with Gasteiger partial charge in [0, 0.05) is 24.5 Å². The highest BCUT2D eigenvalue weighted by Gasteiger charge is 2.57. The third kappa shape index (κ3) is 6.53. The monoisotopic (exact) mass is 464 g/mol. The molecule has 176 valence electrons. The lowest BCUT2D eigenvalue weighted by molar-refractivity contribution is 0.0432. The van der Waals surface area contributed by atoms with Crippen molar-refractivity contribution in [3.63, 3.8) is 0 Å². The van der Waals surface area contributed by atoms with Crippen molar-refractivity contribution < 1.29 is 18.4 Å². The molecule has 1 atom stereocenters. The van der Waals surface area contributed by atoms with E-state index in [4.69, 9.17) is 13.6 Å². The van der Waals surface area contributed by atoms with Crippen molar-refractivity contribution in [3.8, 4) is 0 Å². The van der Waals surface area contributed by atoms with Gasteiger partial charge in [-0.15, -0.1) is 0 Å². The van der Waals surface area contributed by atoms with Gasteiger partial charge in [-0.05, 0) is 54.8 Å². The molecule has 0 bridgehead atoms. The van der Waals surface area contributed by atoms with E-state index < -0.39 is 16.6 Å². The van der Waals surface area contributed by atoms with Gasteiger partial charge in [-0.2, -0.15) is 0 Å². The summed E-state index contributed by atoms with van der Waals surface area (Å²) in [6, 6.07) is 9.21. The molecule has 0 radical (unpaired) electrons. The molecule has 0 aliphatic heterocycles. The zero-order chi connectivity index (χ0) is 23.7. The zero-order valence-electron chi connectivity index (χ0n) is 21.4. The Morgan fingerprint density at radius 1 is 0.903 bits per heavy atom. The zero-order valence-corrected chi connectivity index (χ0v) is 23.4. The van der Waals surface area contributed by atoms with Gasteiger partial charge in [0.25, 0.3) is 0 Å². The standard InChI is InChI=1S/C25H44O4Si2/c1-23(2,3)30(7,8)28-18-25(19-29-31(9,10)24(4,5)6)16-21(25)17-27-22(26)20-14-12-11-13-15-20/h11-15,21H,16-19H2,1-10H3. The SMILES string of the molecule is CC(C)(C)[Si](C)(C)OCC1(CO[Si](C)(C)C(C)(C)C)CC1COC(=O)c1ccccc1. The summed E-state index contributed by atoms with van der Waals surface area (Å²) in [5.41, 5.74) is 0.547. The summed E-state index contributed by atoms with van der Waals surface area (Å²) in [4.78, 5) is 12.4. The number of benzene rings is 1. The Hall–Kier alpha value is -0.956. The summed E-state index contributed by atoms with van der Waals surface area (Å²) < 4.78 is 18.9. The predicted octanol–water partition coefficient (Wildman–Crippen LogP) is 6.89. The smallest absolute Gasteiger partial charge is 0.338 e. The van der Waals surface area contributed by atoms with Crippen LogP contribution in [0, 0.1) is 11.3 Å². The minimum atomic E-state index is -1.87. The minimum Gasteiger partial charge on any atom is -0.462 e. The van der Waals surface area contributed by atoms with Crippen molar-refractivity contribution in [2.75, 3.05) is 19.8 Å². The average molecular weight is 465 g/mol. The second kappa shape index (κ2) is 9.12. The lowest BCUT2D eigenvalue weighted by atomic mass is 10.1. The molecule has 0 heterocycles. The molecule has 0 N–H and O–H groups in total. The molecule has 1 unspecified atom stereocenters. The van der Waals surface area contributed by atoms with Gasteiger partial charge in [0.1, 0.15) is 0 Å². The molecule has 1 aromatic carbocycles. The number of hydrogen-bond acceptors (Lipinski definition) is 4. The van der Waals surface area contributed by atoms with Crippen LogP contribution in [-0.4, -0.2) is 42.4 Å². The Kier molecular flexibility index (Phi) is 7.74. The van der Waals surface area contributed by atoms with Crippen molar-refractivity contribution in [1.29, 1.82) is 0 Å². The van der Waals surface area contributed by atoms with Crippen LogP contribution in [0.5, 0.6) is 0 Å². The highest BCUT2D eigenvalue weighted by atomic mass is 28.4. The van der Waals surface area contributed by atoms with Crippen molar-refractivity contribution in [2.45, 2.75) is 84.2 Å². The van der Waals surface area contributed by atoms with Gasteiger partial charge in [-0.3, -0.25) is 0 Å². The maximum atomic E-state index is 12.4. The summed E-state index contributed by atoms with van der Waals surface area (Å²) in [7, 11) is -3.73. The second-order valence-electron chi connectivity index (χ2n) is 12.3. The molecule has 1 fully saturated rings. The second-order valence-corrected chi connectivity index (χ2v) is 21.9. The first-order valence-electron chi connectivity index (χ1n) is 11.5. The van der Waals surface area contributed by atoms with Crippen LogP contribution < -0.4 is 0 Å². The van der Waals surface area contributed by atoms with Gasteiger partial charge >= 0.3 is 5.97 Å². The molecular formula is C25H44O4Si2. The normalized spacial score (nSPS) is 19.2. The van der Waals surface area contributed by atoms with Crippen LogP contribution in [0.2, 0.25) is 36.3 Å². The summed E-state index contributed by atoms with van der Waals surface area (Å²) >= 11 is 0. The van der Waals surface area contributed by atoms with Crippen LogP contribution >= 0.6 is 0 Å². The highest BCUT2D eigenvalue weighted by Crippen LogP contribution is 2.55. The lowest BCUT2D eigenvalue weighted by Gasteiger charge is -2.40. The molecule has 6 heteroatoms. The van der Waals surface area contributed by atoms with Crippen molar-refractivity contribution in [3.05, 3.63) is 35.9 Å². The molecule has 1 saturated carbocycles. The molecule has 0 saturated heterocycles. The maximum absolute atomic E-state index is 12.4. The van der Waals surface area contributed by atoms with Crippen LogP contribution in [0.3, 0.4) is 0 Å². The Labute approximate surface area is 192 Å². The molecule has 0 amide bonds. The third-order valence-corrected chi connectivity index (χ3v) is 16.8. The summed E-state index contributed by atoms with van der Waals surface area (Å²) in [5.74, 6) is 0.0340. The fourth-order valence-electron chi connectivity index (χ4n) is 2.98. The number of rotatable bonds is 9. The molecular weight excluding hydrogens is 420 g/mol. The fourth-order valence-corrected chi connectivity index (χ4v) is 5.14. The van der Waals surface area contributed by atoms with E-state index >= 15 is 0 Å². The number of esters is 1. The van der Waals surface area contributed by atoms with Gasteiger partial charge in [0.15, 0.2) is 16.6 Å². The average Bonchev–Trinajstić information content (AvgIpc) is 3.35. The predicted molar refractivity (Wildman–Crippen MR) is 134 cm³/mol. The summed E-state index contributed by atoms with van der Waals surface area (Å²) in [5, 5.41) is 0.331. The highest BCUT2D eigenvalue weighted by molar-refractivity contribution is 6.74. The number of hydrogen-bond donors (Lipinski definition) is 0. The van der Waals surface area contributed by atoms with Crippen molar-refractivity contribution in [1.82, 2.24) is 0 Å². The van der Waals surface area contributed by atoms with E-state index in [2.05, 4.69) is 67.7 Å². The van der Waals surface area contributed by atoms with E-state index in [1.54, 1.807) is 12.1 Å². The first-order chi connectivity index (χ1) is 14.0. The van der Waals surface area contributed by atoms with E-state index in [0.717, 1.165) is 6.42 Å². The molecule has 4 nitrogen and oxygen atoms in total. The third-order valence-electron chi connectivity index (χ3n) is 7.84. The lowest BCUT2D eigenvalue weighted by Crippen LogP contribution is -2.45. The Bertz CT molecular complexity index is 715.